The highest BCUT2D eigenvalue weighted by molar-refractivity contribution is 14.1. The van der Waals surface area contributed by atoms with Gasteiger partial charge in [0.05, 0.1) is 0 Å². The van der Waals surface area contributed by atoms with Gasteiger partial charge in [-0.3, -0.25) is 0 Å². The van der Waals surface area contributed by atoms with Crippen molar-refractivity contribution in [3.8, 4) is 0 Å². The van der Waals surface area contributed by atoms with Gasteiger partial charge >= 0.3 is 0 Å². The van der Waals surface area contributed by atoms with Crippen molar-refractivity contribution in [2.24, 2.45) is 5.41 Å². The van der Waals surface area contributed by atoms with Crippen molar-refractivity contribution in [1.29, 1.82) is 0 Å². The maximum absolute atomic E-state index is 3.70. The molecule has 4 heteroatoms. The molecule has 1 aliphatic rings. The molecule has 0 aliphatic carbocycles. The zero-order valence-corrected chi connectivity index (χ0v) is 14.7. The van der Waals surface area contributed by atoms with Crippen LogP contribution in [0.3, 0.4) is 0 Å². The van der Waals surface area contributed by atoms with Crippen LogP contribution >= 0.6 is 50.3 Å². The first-order valence-electron chi connectivity index (χ1n) is 5.78. The standard InChI is InChI=1S/C13H17BrINS/c1-13(2)5-6-17-8-12(13)16-11-4-3-9(15)7-10(11)14/h3-4,7,12,16H,5-6,8H2,1-2H3. The maximum Gasteiger partial charge on any atom is 0.0487 e. The van der Waals surface area contributed by atoms with Gasteiger partial charge in [0.2, 0.25) is 0 Å². The highest BCUT2D eigenvalue weighted by Gasteiger charge is 2.32. The molecular weight excluding hydrogens is 409 g/mol. The van der Waals surface area contributed by atoms with Crippen molar-refractivity contribution in [1.82, 2.24) is 0 Å². The van der Waals surface area contributed by atoms with Gasteiger partial charge in [-0.15, -0.1) is 0 Å². The van der Waals surface area contributed by atoms with Gasteiger partial charge in [0, 0.05) is 25.5 Å². The molecule has 1 heterocycles. The van der Waals surface area contributed by atoms with Crippen LogP contribution in [0.4, 0.5) is 5.69 Å². The number of rotatable bonds is 2. The second kappa shape index (κ2) is 5.70. The van der Waals surface area contributed by atoms with Crippen LogP contribution in [0.2, 0.25) is 0 Å². The molecular formula is C13H17BrINS. The molecule has 0 spiro atoms. The predicted octanol–water partition coefficient (Wildman–Crippen LogP) is 5.00. The molecule has 0 bridgehead atoms. The van der Waals surface area contributed by atoms with Crippen LogP contribution in [-0.2, 0) is 0 Å². The Kier molecular flexibility index (Phi) is 4.69. The normalized spacial score (nSPS) is 23.4. The summed E-state index contributed by atoms with van der Waals surface area (Å²) in [6, 6.07) is 7.03. The molecule has 17 heavy (non-hydrogen) atoms. The first kappa shape index (κ1) is 14.0. The Morgan fingerprint density at radius 3 is 2.88 bits per heavy atom. The minimum Gasteiger partial charge on any atom is -0.380 e. The molecule has 1 aromatic carbocycles. The fraction of sp³-hybridized carbons (Fsp3) is 0.538. The van der Waals surface area contributed by atoms with Crippen LogP contribution < -0.4 is 5.32 Å². The molecule has 1 aromatic rings. The third kappa shape index (κ3) is 3.53. The summed E-state index contributed by atoms with van der Waals surface area (Å²) >= 11 is 8.03. The van der Waals surface area contributed by atoms with E-state index in [1.54, 1.807) is 0 Å². The van der Waals surface area contributed by atoms with E-state index in [1.807, 2.05) is 0 Å². The summed E-state index contributed by atoms with van der Waals surface area (Å²) < 4.78 is 2.42. The molecule has 1 aliphatic heterocycles. The third-order valence-corrected chi connectivity index (χ3v) is 5.77. The van der Waals surface area contributed by atoms with E-state index < -0.39 is 0 Å². The number of thioether (sulfide) groups is 1. The lowest BCUT2D eigenvalue weighted by atomic mass is 9.82. The van der Waals surface area contributed by atoms with E-state index in [-0.39, 0.29) is 0 Å². The summed E-state index contributed by atoms with van der Waals surface area (Å²) in [5, 5.41) is 3.70. The molecule has 1 N–H and O–H groups in total. The number of hydrogen-bond donors (Lipinski definition) is 1. The quantitative estimate of drug-likeness (QED) is 0.669. The maximum atomic E-state index is 3.70. The first-order chi connectivity index (χ1) is 7.99. The molecule has 0 radical (unpaired) electrons. The van der Waals surface area contributed by atoms with Gasteiger partial charge in [0.25, 0.3) is 0 Å². The van der Waals surface area contributed by atoms with Crippen LogP contribution in [-0.4, -0.2) is 17.5 Å². The lowest BCUT2D eigenvalue weighted by Gasteiger charge is -2.39. The van der Waals surface area contributed by atoms with Crippen molar-refractivity contribution in [2.75, 3.05) is 16.8 Å². The summed E-state index contributed by atoms with van der Waals surface area (Å²) in [5.74, 6) is 2.49. The van der Waals surface area contributed by atoms with Crippen LogP contribution in [0.1, 0.15) is 20.3 Å². The Balaban J connectivity index is 2.14. The fourth-order valence-electron chi connectivity index (χ4n) is 1.97. The number of nitrogens with one attached hydrogen (secondary N) is 1. The second-order valence-electron chi connectivity index (χ2n) is 5.13. The van der Waals surface area contributed by atoms with Gasteiger partial charge in [-0.2, -0.15) is 11.8 Å². The van der Waals surface area contributed by atoms with Gasteiger partial charge in [-0.25, -0.2) is 0 Å². The Morgan fingerprint density at radius 1 is 1.47 bits per heavy atom. The summed E-state index contributed by atoms with van der Waals surface area (Å²) in [6.07, 6.45) is 1.29. The highest BCUT2D eigenvalue weighted by Crippen LogP contribution is 2.37. The summed E-state index contributed by atoms with van der Waals surface area (Å²) in [6.45, 7) is 4.73. The molecule has 1 saturated heterocycles. The predicted molar refractivity (Wildman–Crippen MR) is 90.0 cm³/mol. The van der Waals surface area contributed by atoms with Gasteiger partial charge in [-0.05, 0) is 74.3 Å². The molecule has 1 nitrogen and oxygen atoms in total. The molecule has 94 valence electrons. The summed E-state index contributed by atoms with van der Waals surface area (Å²) in [4.78, 5) is 0. The zero-order chi connectivity index (χ0) is 12.5. The lowest BCUT2D eigenvalue weighted by molar-refractivity contribution is 0.305. The number of halogens is 2. The molecule has 0 aromatic heterocycles. The van der Waals surface area contributed by atoms with E-state index in [0.717, 1.165) is 4.47 Å². The van der Waals surface area contributed by atoms with E-state index >= 15 is 0 Å². The van der Waals surface area contributed by atoms with E-state index in [2.05, 4.69) is 87.6 Å². The number of hydrogen-bond acceptors (Lipinski definition) is 2. The minimum absolute atomic E-state index is 0.383. The average Bonchev–Trinajstić information content (AvgIpc) is 2.24. The van der Waals surface area contributed by atoms with Crippen molar-refractivity contribution in [2.45, 2.75) is 26.3 Å². The van der Waals surface area contributed by atoms with E-state index in [9.17, 15) is 0 Å². The van der Waals surface area contributed by atoms with E-state index in [0.29, 0.717) is 11.5 Å². The minimum atomic E-state index is 0.383. The Bertz CT molecular complexity index is 408. The van der Waals surface area contributed by atoms with Gasteiger partial charge < -0.3 is 5.32 Å². The average molecular weight is 426 g/mol. The zero-order valence-electron chi connectivity index (χ0n) is 10.1. The van der Waals surface area contributed by atoms with Gasteiger partial charge in [0.15, 0.2) is 0 Å². The number of benzene rings is 1. The molecule has 0 amide bonds. The SMILES string of the molecule is CC1(C)CCSCC1Nc1ccc(I)cc1Br. The van der Waals surface area contributed by atoms with Crippen LogP contribution in [0.5, 0.6) is 0 Å². The van der Waals surface area contributed by atoms with Crippen LogP contribution in [0.15, 0.2) is 22.7 Å². The van der Waals surface area contributed by atoms with E-state index in [4.69, 9.17) is 0 Å². The fourth-order valence-corrected chi connectivity index (χ4v) is 4.99. The highest BCUT2D eigenvalue weighted by atomic mass is 127. The largest absolute Gasteiger partial charge is 0.380 e. The summed E-state index contributed by atoms with van der Waals surface area (Å²) in [5.41, 5.74) is 1.60. The smallest absolute Gasteiger partial charge is 0.0487 e. The van der Waals surface area contributed by atoms with Crippen molar-refractivity contribution in [3.63, 3.8) is 0 Å². The van der Waals surface area contributed by atoms with E-state index in [1.165, 1.54) is 27.2 Å². The van der Waals surface area contributed by atoms with Gasteiger partial charge in [-0.1, -0.05) is 13.8 Å². The molecule has 1 unspecified atom stereocenters. The molecule has 0 saturated carbocycles. The second-order valence-corrected chi connectivity index (χ2v) is 8.38. The summed E-state index contributed by atoms with van der Waals surface area (Å²) in [7, 11) is 0. The molecule has 1 fully saturated rings. The Hall–Kier alpha value is 0.580. The lowest BCUT2D eigenvalue weighted by Crippen LogP contribution is -2.41. The monoisotopic (exact) mass is 425 g/mol. The van der Waals surface area contributed by atoms with Crippen LogP contribution in [0, 0.1) is 8.99 Å². The third-order valence-electron chi connectivity index (χ3n) is 3.38. The van der Waals surface area contributed by atoms with Crippen molar-refractivity contribution < 1.29 is 0 Å². The Labute approximate surface area is 130 Å². The molecule has 2 rings (SSSR count). The topological polar surface area (TPSA) is 12.0 Å². The first-order valence-corrected chi connectivity index (χ1v) is 8.81. The van der Waals surface area contributed by atoms with Crippen molar-refractivity contribution >= 4 is 56.0 Å². The number of anilines is 1. The Morgan fingerprint density at radius 2 is 2.24 bits per heavy atom. The van der Waals surface area contributed by atoms with Gasteiger partial charge in [0.1, 0.15) is 0 Å². The molecule has 1 atom stereocenters. The van der Waals surface area contributed by atoms with Crippen molar-refractivity contribution in [3.05, 3.63) is 26.2 Å². The van der Waals surface area contributed by atoms with Crippen LogP contribution in [0.25, 0.3) is 0 Å².